The van der Waals surface area contributed by atoms with Gasteiger partial charge >= 0.3 is 0 Å². The van der Waals surface area contributed by atoms with Gasteiger partial charge in [-0.15, -0.1) is 0 Å². The van der Waals surface area contributed by atoms with E-state index in [1.807, 2.05) is 6.07 Å². The molecule has 1 N–H and O–H groups in total. The molecule has 3 nitrogen and oxygen atoms in total. The first kappa shape index (κ1) is 8.53. The number of fused-ring (bicyclic) bond motifs is 1. The van der Waals surface area contributed by atoms with E-state index in [0.717, 1.165) is 28.6 Å². The SMILES string of the molecule is Brc1cnc2c(c1)OCC(C1CC1)N2. The van der Waals surface area contributed by atoms with Crippen molar-refractivity contribution in [3.8, 4) is 5.75 Å². The second-order valence-electron chi connectivity index (χ2n) is 3.90. The van der Waals surface area contributed by atoms with Crippen molar-refractivity contribution in [2.75, 3.05) is 11.9 Å². The average molecular weight is 255 g/mol. The number of hydrogen-bond donors (Lipinski definition) is 1. The van der Waals surface area contributed by atoms with Crippen LogP contribution in [0.3, 0.4) is 0 Å². The minimum absolute atomic E-state index is 0.469. The normalized spacial score (nSPS) is 24.8. The fourth-order valence-corrected chi connectivity index (χ4v) is 2.10. The number of pyridine rings is 1. The number of nitrogens with one attached hydrogen (secondary N) is 1. The zero-order chi connectivity index (χ0) is 9.54. The van der Waals surface area contributed by atoms with Crippen LogP contribution in [-0.2, 0) is 0 Å². The molecule has 0 saturated heterocycles. The molecule has 1 aromatic heterocycles. The van der Waals surface area contributed by atoms with Crippen molar-refractivity contribution in [3.63, 3.8) is 0 Å². The Labute approximate surface area is 91.0 Å². The number of anilines is 1. The summed E-state index contributed by atoms with van der Waals surface area (Å²) in [5, 5.41) is 3.43. The van der Waals surface area contributed by atoms with Gasteiger partial charge in [-0.3, -0.25) is 0 Å². The Bertz CT molecular complexity index is 365. The molecule has 1 aliphatic carbocycles. The lowest BCUT2D eigenvalue weighted by Gasteiger charge is -2.26. The minimum Gasteiger partial charge on any atom is -0.488 e. The molecule has 1 atom stereocenters. The number of hydrogen-bond acceptors (Lipinski definition) is 3. The first-order valence-electron chi connectivity index (χ1n) is 4.88. The lowest BCUT2D eigenvalue weighted by molar-refractivity contribution is 0.270. The Morgan fingerprint density at radius 3 is 3.14 bits per heavy atom. The molecule has 1 fully saturated rings. The third-order valence-corrected chi connectivity index (χ3v) is 3.18. The van der Waals surface area contributed by atoms with Crippen molar-refractivity contribution in [1.82, 2.24) is 4.98 Å². The summed E-state index contributed by atoms with van der Waals surface area (Å²) in [5.74, 6) is 2.54. The van der Waals surface area contributed by atoms with Crippen LogP contribution < -0.4 is 10.1 Å². The standard InChI is InChI=1S/C10H11BrN2O/c11-7-3-9-10(12-4-7)13-8(5-14-9)6-1-2-6/h3-4,6,8H,1-2,5H2,(H,12,13). The third kappa shape index (κ3) is 1.47. The molecule has 0 radical (unpaired) electrons. The van der Waals surface area contributed by atoms with Gasteiger partial charge in [-0.05, 0) is 40.8 Å². The summed E-state index contributed by atoms with van der Waals surface area (Å²) in [7, 11) is 0. The number of nitrogens with zero attached hydrogens (tertiary/aromatic N) is 1. The van der Waals surface area contributed by atoms with Crippen LogP contribution in [0.4, 0.5) is 5.82 Å². The average Bonchev–Trinajstić information content (AvgIpc) is 3.00. The lowest BCUT2D eigenvalue weighted by atomic mass is 10.2. The van der Waals surface area contributed by atoms with E-state index in [1.165, 1.54) is 12.8 Å². The predicted molar refractivity (Wildman–Crippen MR) is 57.6 cm³/mol. The Kier molecular flexibility index (Phi) is 1.90. The van der Waals surface area contributed by atoms with Crippen LogP contribution in [0.15, 0.2) is 16.7 Å². The van der Waals surface area contributed by atoms with Gasteiger partial charge < -0.3 is 10.1 Å². The van der Waals surface area contributed by atoms with Crippen LogP contribution in [0, 0.1) is 5.92 Å². The van der Waals surface area contributed by atoms with E-state index in [0.29, 0.717) is 6.04 Å². The highest BCUT2D eigenvalue weighted by molar-refractivity contribution is 9.10. The molecule has 4 heteroatoms. The molecular weight excluding hydrogens is 244 g/mol. The molecule has 0 spiro atoms. The summed E-state index contributed by atoms with van der Waals surface area (Å²) in [4.78, 5) is 4.30. The Balaban J connectivity index is 1.86. The van der Waals surface area contributed by atoms with Crippen LogP contribution in [0.2, 0.25) is 0 Å². The van der Waals surface area contributed by atoms with Gasteiger partial charge in [-0.25, -0.2) is 4.98 Å². The molecule has 2 heterocycles. The van der Waals surface area contributed by atoms with Crippen molar-refractivity contribution in [1.29, 1.82) is 0 Å². The molecule has 14 heavy (non-hydrogen) atoms. The summed E-state index contributed by atoms with van der Waals surface area (Å²) in [6, 6.07) is 2.43. The van der Waals surface area contributed by atoms with Gasteiger partial charge in [0.15, 0.2) is 11.6 Å². The van der Waals surface area contributed by atoms with Gasteiger partial charge in [0.1, 0.15) is 6.61 Å². The van der Waals surface area contributed by atoms with Crippen molar-refractivity contribution in [2.24, 2.45) is 5.92 Å². The van der Waals surface area contributed by atoms with Gasteiger partial charge in [0.05, 0.1) is 6.04 Å². The molecule has 2 aliphatic rings. The molecule has 1 aromatic rings. The van der Waals surface area contributed by atoms with Crippen molar-refractivity contribution in [2.45, 2.75) is 18.9 Å². The summed E-state index contributed by atoms with van der Waals surface area (Å²) in [5.41, 5.74) is 0. The Hall–Kier alpha value is -0.770. The van der Waals surface area contributed by atoms with Crippen LogP contribution >= 0.6 is 15.9 Å². The number of ether oxygens (including phenoxy) is 1. The number of rotatable bonds is 1. The lowest BCUT2D eigenvalue weighted by Crippen LogP contribution is -2.33. The van der Waals surface area contributed by atoms with Gasteiger partial charge in [0.25, 0.3) is 0 Å². The topological polar surface area (TPSA) is 34.1 Å². The molecule has 0 amide bonds. The zero-order valence-corrected chi connectivity index (χ0v) is 9.25. The van der Waals surface area contributed by atoms with Gasteiger partial charge in [0, 0.05) is 10.7 Å². The van der Waals surface area contributed by atoms with Crippen molar-refractivity contribution >= 4 is 21.7 Å². The maximum absolute atomic E-state index is 5.66. The first-order chi connectivity index (χ1) is 6.83. The summed E-state index contributed by atoms with van der Waals surface area (Å²) < 4.78 is 6.62. The molecule has 1 saturated carbocycles. The molecule has 0 aromatic carbocycles. The van der Waals surface area contributed by atoms with E-state index >= 15 is 0 Å². The van der Waals surface area contributed by atoms with E-state index in [9.17, 15) is 0 Å². The fraction of sp³-hybridized carbons (Fsp3) is 0.500. The third-order valence-electron chi connectivity index (χ3n) is 2.75. The van der Waals surface area contributed by atoms with E-state index in [4.69, 9.17) is 4.74 Å². The summed E-state index contributed by atoms with van der Waals surface area (Å²) in [6.07, 6.45) is 4.45. The molecule has 1 aliphatic heterocycles. The predicted octanol–water partition coefficient (Wildman–Crippen LogP) is 2.43. The summed E-state index contributed by atoms with van der Waals surface area (Å²) in [6.45, 7) is 0.774. The van der Waals surface area contributed by atoms with E-state index in [2.05, 4.69) is 26.2 Å². The van der Waals surface area contributed by atoms with Gasteiger partial charge in [-0.1, -0.05) is 0 Å². The van der Waals surface area contributed by atoms with Crippen LogP contribution in [0.1, 0.15) is 12.8 Å². The van der Waals surface area contributed by atoms with E-state index < -0.39 is 0 Å². The quantitative estimate of drug-likeness (QED) is 0.836. The molecule has 1 unspecified atom stereocenters. The smallest absolute Gasteiger partial charge is 0.169 e. The Morgan fingerprint density at radius 2 is 2.36 bits per heavy atom. The van der Waals surface area contributed by atoms with Crippen molar-refractivity contribution in [3.05, 3.63) is 16.7 Å². The second-order valence-corrected chi connectivity index (χ2v) is 4.82. The van der Waals surface area contributed by atoms with Crippen LogP contribution in [-0.4, -0.2) is 17.6 Å². The molecule has 74 valence electrons. The van der Waals surface area contributed by atoms with Crippen LogP contribution in [0.25, 0.3) is 0 Å². The first-order valence-corrected chi connectivity index (χ1v) is 5.67. The second kappa shape index (κ2) is 3.12. The fourth-order valence-electron chi connectivity index (χ4n) is 1.79. The van der Waals surface area contributed by atoms with E-state index in [-0.39, 0.29) is 0 Å². The maximum Gasteiger partial charge on any atom is 0.169 e. The Morgan fingerprint density at radius 1 is 1.50 bits per heavy atom. The number of halogens is 1. The largest absolute Gasteiger partial charge is 0.488 e. The van der Waals surface area contributed by atoms with Crippen LogP contribution in [0.5, 0.6) is 5.75 Å². The highest BCUT2D eigenvalue weighted by atomic mass is 79.9. The number of aromatic nitrogens is 1. The van der Waals surface area contributed by atoms with Gasteiger partial charge in [0.2, 0.25) is 0 Å². The zero-order valence-electron chi connectivity index (χ0n) is 7.66. The highest BCUT2D eigenvalue weighted by Crippen LogP contribution is 2.38. The maximum atomic E-state index is 5.66. The molecule has 3 rings (SSSR count). The monoisotopic (exact) mass is 254 g/mol. The minimum atomic E-state index is 0.469. The molecular formula is C10H11BrN2O. The molecule has 0 bridgehead atoms. The van der Waals surface area contributed by atoms with Gasteiger partial charge in [-0.2, -0.15) is 0 Å². The van der Waals surface area contributed by atoms with Crippen molar-refractivity contribution < 1.29 is 4.74 Å². The summed E-state index contributed by atoms with van der Waals surface area (Å²) >= 11 is 3.38. The highest BCUT2D eigenvalue weighted by Gasteiger charge is 2.34. The van der Waals surface area contributed by atoms with E-state index in [1.54, 1.807) is 6.20 Å².